The molecule has 1 heterocycles. The molecular weight excluding hydrogens is 422 g/mol. The molecule has 1 aromatic heterocycles. The summed E-state index contributed by atoms with van der Waals surface area (Å²) in [6, 6.07) is 25.5. The Balaban J connectivity index is 1.75. The highest BCUT2D eigenvalue weighted by atomic mass is 16.4. The molecule has 5 heteroatoms. The zero-order valence-electron chi connectivity index (χ0n) is 19.6. The molecule has 3 aromatic carbocycles. The zero-order valence-corrected chi connectivity index (χ0v) is 19.6. The minimum atomic E-state index is -0.530. The first-order valence-electron chi connectivity index (χ1n) is 11.2. The molecule has 4 rings (SSSR count). The second-order valence-corrected chi connectivity index (χ2v) is 8.77. The lowest BCUT2D eigenvalue weighted by Gasteiger charge is -2.25. The van der Waals surface area contributed by atoms with Crippen LogP contribution in [-0.4, -0.2) is 12.5 Å². The lowest BCUT2D eigenvalue weighted by molar-refractivity contribution is 0.100. The van der Waals surface area contributed by atoms with Gasteiger partial charge in [-0.15, -0.1) is 0 Å². The Hall–Kier alpha value is -4.30. The van der Waals surface area contributed by atoms with Crippen molar-refractivity contribution < 1.29 is 9.21 Å². The van der Waals surface area contributed by atoms with Crippen molar-refractivity contribution in [2.75, 3.05) is 11.4 Å². The molecule has 0 saturated carbocycles. The van der Waals surface area contributed by atoms with Crippen LogP contribution in [0.5, 0.6) is 0 Å². The summed E-state index contributed by atoms with van der Waals surface area (Å²) in [4.78, 5) is 14.4. The Morgan fingerprint density at radius 1 is 1.06 bits per heavy atom. The van der Waals surface area contributed by atoms with Crippen LogP contribution in [0, 0.1) is 24.2 Å². The Kier molecular flexibility index (Phi) is 6.51. The van der Waals surface area contributed by atoms with Crippen LogP contribution >= 0.6 is 0 Å². The van der Waals surface area contributed by atoms with E-state index in [-0.39, 0.29) is 0 Å². The number of primary amides is 1. The number of nitriles is 1. The number of allylic oxidation sites excluding steroid dienone is 1. The predicted octanol–water partition coefficient (Wildman–Crippen LogP) is 6.70. The van der Waals surface area contributed by atoms with Gasteiger partial charge >= 0.3 is 0 Å². The van der Waals surface area contributed by atoms with Gasteiger partial charge in [0, 0.05) is 17.6 Å². The summed E-state index contributed by atoms with van der Waals surface area (Å²) < 4.78 is 6.13. The SMILES string of the molecule is Cc1ccc(/C=C(\C#N)c2ccc(N(CC(C)C)c3oc4ccccc4c3C(N)=O)cc2)cc1. The average molecular weight is 450 g/mol. The van der Waals surface area contributed by atoms with Gasteiger partial charge in [-0.25, -0.2) is 0 Å². The molecule has 0 atom stereocenters. The van der Waals surface area contributed by atoms with Crippen molar-refractivity contribution in [2.45, 2.75) is 20.8 Å². The normalized spacial score (nSPS) is 11.6. The molecular formula is C29H27N3O2. The Morgan fingerprint density at radius 2 is 1.74 bits per heavy atom. The van der Waals surface area contributed by atoms with E-state index in [1.807, 2.05) is 90.7 Å². The van der Waals surface area contributed by atoms with Crippen molar-refractivity contribution in [2.24, 2.45) is 11.7 Å². The predicted molar refractivity (Wildman–Crippen MR) is 138 cm³/mol. The topological polar surface area (TPSA) is 83.3 Å². The van der Waals surface area contributed by atoms with E-state index in [1.165, 1.54) is 5.56 Å². The number of hydrogen-bond donors (Lipinski definition) is 1. The van der Waals surface area contributed by atoms with Crippen LogP contribution in [0.1, 0.15) is 40.9 Å². The smallest absolute Gasteiger partial charge is 0.254 e. The number of nitrogens with zero attached hydrogens (tertiary/aromatic N) is 2. The van der Waals surface area contributed by atoms with Gasteiger partial charge in [-0.1, -0.05) is 74.0 Å². The number of fused-ring (bicyclic) bond motifs is 1. The molecule has 34 heavy (non-hydrogen) atoms. The molecule has 0 aliphatic carbocycles. The molecule has 0 aliphatic rings. The third-order valence-corrected chi connectivity index (χ3v) is 5.61. The summed E-state index contributed by atoms with van der Waals surface area (Å²) in [6.45, 7) is 6.87. The summed E-state index contributed by atoms with van der Waals surface area (Å²) in [5.41, 5.74) is 11.1. The van der Waals surface area contributed by atoms with Crippen molar-refractivity contribution in [3.8, 4) is 6.07 Å². The van der Waals surface area contributed by atoms with Crippen LogP contribution in [0.25, 0.3) is 22.6 Å². The number of rotatable bonds is 7. The molecule has 5 nitrogen and oxygen atoms in total. The largest absolute Gasteiger partial charge is 0.439 e. The highest BCUT2D eigenvalue weighted by Crippen LogP contribution is 2.37. The molecule has 2 N–H and O–H groups in total. The van der Waals surface area contributed by atoms with E-state index in [9.17, 15) is 10.1 Å². The summed E-state index contributed by atoms with van der Waals surface area (Å²) in [5.74, 6) is 0.202. The van der Waals surface area contributed by atoms with Gasteiger partial charge < -0.3 is 15.1 Å². The molecule has 0 spiro atoms. The van der Waals surface area contributed by atoms with Gasteiger partial charge in [-0.3, -0.25) is 4.79 Å². The standard InChI is InChI=1S/C29H27N3O2/c1-19(2)18-32(29-27(28(31)33)25-6-4-5-7-26(25)34-29)24-14-12-22(13-15-24)23(17-30)16-21-10-8-20(3)9-11-21/h4-16,19H,18H2,1-3H3,(H2,31,33)/b23-16+. The van der Waals surface area contributed by atoms with Crippen molar-refractivity contribution >= 4 is 40.1 Å². The van der Waals surface area contributed by atoms with E-state index >= 15 is 0 Å². The highest BCUT2D eigenvalue weighted by Gasteiger charge is 2.25. The first-order valence-corrected chi connectivity index (χ1v) is 11.2. The highest BCUT2D eigenvalue weighted by molar-refractivity contribution is 6.10. The number of furan rings is 1. The number of benzene rings is 3. The lowest BCUT2D eigenvalue weighted by atomic mass is 10.0. The van der Waals surface area contributed by atoms with Crippen LogP contribution < -0.4 is 10.6 Å². The van der Waals surface area contributed by atoms with E-state index in [1.54, 1.807) is 0 Å². The van der Waals surface area contributed by atoms with Crippen molar-refractivity contribution in [3.05, 3.63) is 95.1 Å². The average Bonchev–Trinajstić information content (AvgIpc) is 3.22. The third-order valence-electron chi connectivity index (χ3n) is 5.61. The van der Waals surface area contributed by atoms with Crippen LogP contribution in [0.3, 0.4) is 0 Å². The first-order chi connectivity index (χ1) is 16.4. The maximum atomic E-state index is 12.4. The first kappa shape index (κ1) is 22.9. The summed E-state index contributed by atoms with van der Waals surface area (Å²) in [6.07, 6.45) is 1.88. The Morgan fingerprint density at radius 3 is 2.35 bits per heavy atom. The fraction of sp³-hybridized carbons (Fsp3) is 0.172. The lowest BCUT2D eigenvalue weighted by Crippen LogP contribution is -2.25. The fourth-order valence-electron chi connectivity index (χ4n) is 3.96. The second kappa shape index (κ2) is 9.68. The number of para-hydroxylation sites is 1. The Bertz CT molecular complexity index is 1390. The number of nitrogens with two attached hydrogens (primary N) is 1. The van der Waals surface area contributed by atoms with Gasteiger partial charge in [0.25, 0.3) is 5.91 Å². The van der Waals surface area contributed by atoms with Crippen LogP contribution in [0.15, 0.2) is 77.2 Å². The molecule has 1 amide bonds. The van der Waals surface area contributed by atoms with Gasteiger partial charge in [0.1, 0.15) is 11.1 Å². The minimum Gasteiger partial charge on any atom is -0.439 e. The monoisotopic (exact) mass is 449 g/mol. The van der Waals surface area contributed by atoms with Crippen LogP contribution in [-0.2, 0) is 0 Å². The number of carbonyl (C=O) groups excluding carboxylic acids is 1. The molecule has 0 fully saturated rings. The maximum Gasteiger partial charge on any atom is 0.254 e. The molecule has 0 unspecified atom stereocenters. The van der Waals surface area contributed by atoms with Crippen molar-refractivity contribution in [3.63, 3.8) is 0 Å². The summed E-state index contributed by atoms with van der Waals surface area (Å²) in [5, 5.41) is 10.5. The van der Waals surface area contributed by atoms with Gasteiger partial charge in [0.05, 0.1) is 11.6 Å². The van der Waals surface area contributed by atoms with Crippen molar-refractivity contribution in [1.29, 1.82) is 5.26 Å². The van der Waals surface area contributed by atoms with Gasteiger partial charge in [0.15, 0.2) is 0 Å². The summed E-state index contributed by atoms with van der Waals surface area (Å²) in [7, 11) is 0. The fourth-order valence-corrected chi connectivity index (χ4v) is 3.96. The summed E-state index contributed by atoms with van der Waals surface area (Å²) >= 11 is 0. The molecule has 0 aliphatic heterocycles. The quantitative estimate of drug-likeness (QED) is 0.251. The molecule has 0 radical (unpaired) electrons. The van der Waals surface area contributed by atoms with Gasteiger partial charge in [0.2, 0.25) is 5.88 Å². The van der Waals surface area contributed by atoms with Crippen LogP contribution in [0.4, 0.5) is 11.6 Å². The molecule has 4 aromatic rings. The van der Waals surface area contributed by atoms with Crippen LogP contribution in [0.2, 0.25) is 0 Å². The maximum absolute atomic E-state index is 12.4. The third kappa shape index (κ3) is 4.72. The zero-order chi connectivity index (χ0) is 24.2. The number of amides is 1. The Labute approximate surface area is 199 Å². The van der Waals surface area contributed by atoms with E-state index in [0.29, 0.717) is 40.5 Å². The van der Waals surface area contributed by atoms with E-state index < -0.39 is 5.91 Å². The second-order valence-electron chi connectivity index (χ2n) is 8.77. The number of hydrogen-bond acceptors (Lipinski definition) is 4. The van der Waals surface area contributed by atoms with Crippen molar-refractivity contribution in [1.82, 2.24) is 0 Å². The molecule has 0 saturated heterocycles. The van der Waals surface area contributed by atoms with E-state index in [0.717, 1.165) is 16.8 Å². The molecule has 0 bridgehead atoms. The number of aryl methyl sites for hydroxylation is 1. The van der Waals surface area contributed by atoms with Gasteiger partial charge in [-0.2, -0.15) is 5.26 Å². The number of carbonyl (C=O) groups is 1. The number of anilines is 2. The van der Waals surface area contributed by atoms with E-state index in [2.05, 4.69) is 19.9 Å². The van der Waals surface area contributed by atoms with Gasteiger partial charge in [-0.05, 0) is 48.2 Å². The molecule has 170 valence electrons. The van der Waals surface area contributed by atoms with E-state index in [4.69, 9.17) is 10.2 Å². The minimum absolute atomic E-state index is 0.296.